The van der Waals surface area contributed by atoms with Crippen LogP contribution in [0.4, 0.5) is 0 Å². The monoisotopic (exact) mass is 859 g/mol. The van der Waals surface area contributed by atoms with E-state index < -0.39 is 71.2 Å². The van der Waals surface area contributed by atoms with Gasteiger partial charge in [0.25, 0.3) is 10.1 Å². The zero-order chi connectivity index (χ0) is 43.4. The summed E-state index contributed by atoms with van der Waals surface area (Å²) < 4.78 is 54.0. The van der Waals surface area contributed by atoms with Crippen molar-refractivity contribution in [2.24, 2.45) is 0 Å². The second kappa shape index (κ2) is 36.5. The Kier molecular flexibility index (Phi) is 34.0. The lowest BCUT2D eigenvalue weighted by Gasteiger charge is -2.40. The smallest absolute Gasteiger partial charge is 0.306 e. The first-order chi connectivity index (χ1) is 28.5. The highest BCUT2D eigenvalue weighted by Gasteiger charge is 2.46. The summed E-state index contributed by atoms with van der Waals surface area (Å²) in [5, 5.41) is 30.9. The summed E-state index contributed by atoms with van der Waals surface area (Å²) in [5.41, 5.74) is 0. The van der Waals surface area contributed by atoms with Crippen molar-refractivity contribution in [3.8, 4) is 0 Å². The second-order valence-electron chi connectivity index (χ2n) is 16.1. The highest BCUT2D eigenvalue weighted by molar-refractivity contribution is 7.85. The zero-order valence-corrected chi connectivity index (χ0v) is 37.4. The summed E-state index contributed by atoms with van der Waals surface area (Å²) in [5.74, 6) is -2.00. The molecule has 0 bridgehead atoms. The van der Waals surface area contributed by atoms with E-state index in [2.05, 4.69) is 50.3 Å². The Morgan fingerprint density at radius 1 is 0.576 bits per heavy atom. The quantitative estimate of drug-likeness (QED) is 0.0200. The largest absolute Gasteiger partial charge is 0.462 e. The molecule has 0 aromatic heterocycles. The van der Waals surface area contributed by atoms with Crippen molar-refractivity contribution in [3.63, 3.8) is 0 Å². The number of rotatable bonds is 38. The Morgan fingerprint density at radius 2 is 1.02 bits per heavy atom. The molecule has 1 aliphatic heterocycles. The molecular formula is C46H82O12S. The van der Waals surface area contributed by atoms with Crippen LogP contribution < -0.4 is 0 Å². The van der Waals surface area contributed by atoms with E-state index in [9.17, 15) is 37.9 Å². The first-order valence-electron chi connectivity index (χ1n) is 23.0. The van der Waals surface area contributed by atoms with Crippen LogP contribution in [0.15, 0.2) is 36.5 Å². The molecule has 0 amide bonds. The number of carbonyl (C=O) groups is 2. The number of allylic oxidation sites excluding steroid dienone is 6. The first-order valence-corrected chi connectivity index (χ1v) is 24.7. The number of ether oxygens (including phenoxy) is 4. The van der Waals surface area contributed by atoms with Crippen molar-refractivity contribution in [1.82, 2.24) is 0 Å². The Balaban J connectivity index is 2.43. The number of hydrogen-bond acceptors (Lipinski definition) is 11. The summed E-state index contributed by atoms with van der Waals surface area (Å²) in [4.78, 5) is 25.4. The van der Waals surface area contributed by atoms with Crippen LogP contribution in [0.3, 0.4) is 0 Å². The molecule has 1 aliphatic rings. The van der Waals surface area contributed by atoms with Crippen molar-refractivity contribution >= 4 is 22.1 Å². The highest BCUT2D eigenvalue weighted by atomic mass is 32.2. The Hall–Kier alpha value is -2.13. The molecule has 2 unspecified atom stereocenters. The summed E-state index contributed by atoms with van der Waals surface area (Å²) in [7, 11) is -4.60. The van der Waals surface area contributed by atoms with Crippen molar-refractivity contribution < 1.29 is 56.8 Å². The number of esters is 2. The van der Waals surface area contributed by atoms with E-state index in [0.717, 1.165) is 77.0 Å². The van der Waals surface area contributed by atoms with Gasteiger partial charge in [-0.3, -0.25) is 14.1 Å². The maximum atomic E-state index is 12.8. The summed E-state index contributed by atoms with van der Waals surface area (Å²) >= 11 is 0. The van der Waals surface area contributed by atoms with Gasteiger partial charge in [0.05, 0.1) is 6.61 Å². The Morgan fingerprint density at radius 3 is 1.51 bits per heavy atom. The molecule has 344 valence electrons. The first kappa shape index (κ1) is 54.9. The molecule has 6 atom stereocenters. The van der Waals surface area contributed by atoms with Gasteiger partial charge in [0.2, 0.25) is 0 Å². The zero-order valence-electron chi connectivity index (χ0n) is 36.6. The maximum absolute atomic E-state index is 12.8. The SMILES string of the molecule is CCCCC/C=C/C/C=C/CCCCCCCCCCCC(=O)O[C@H](COC(=O)CCCCCCC/C=C/CCCCC)CO[C@H]1O[C@H](CS(=O)(=O)O)[C@@H](O)C(O)C1O. The number of carbonyl (C=O) groups excluding carboxylic acids is 2. The Labute approximate surface area is 357 Å². The summed E-state index contributed by atoms with van der Waals surface area (Å²) in [6.07, 6.45) is 31.9. The molecule has 0 aliphatic carbocycles. The molecule has 1 saturated heterocycles. The van der Waals surface area contributed by atoms with Crippen LogP contribution in [0.1, 0.15) is 187 Å². The topological polar surface area (TPSA) is 186 Å². The summed E-state index contributed by atoms with van der Waals surface area (Å²) in [6.45, 7) is 3.70. The molecule has 13 heteroatoms. The van der Waals surface area contributed by atoms with E-state index >= 15 is 0 Å². The van der Waals surface area contributed by atoms with Crippen LogP contribution in [0.25, 0.3) is 0 Å². The summed E-state index contributed by atoms with van der Waals surface area (Å²) in [6, 6.07) is 0. The van der Waals surface area contributed by atoms with Crippen LogP contribution in [-0.4, -0.2) is 96.0 Å². The van der Waals surface area contributed by atoms with Crippen molar-refractivity contribution in [2.45, 2.75) is 224 Å². The molecule has 1 fully saturated rings. The number of unbranched alkanes of at least 4 members (excludes halogenated alkanes) is 20. The van der Waals surface area contributed by atoms with Gasteiger partial charge in [-0.25, -0.2) is 0 Å². The van der Waals surface area contributed by atoms with E-state index in [1.54, 1.807) is 0 Å². The molecule has 59 heavy (non-hydrogen) atoms. The highest BCUT2D eigenvalue weighted by Crippen LogP contribution is 2.24. The Bertz CT molecular complexity index is 1240. The van der Waals surface area contributed by atoms with Gasteiger partial charge in [0.1, 0.15) is 36.8 Å². The average molecular weight is 859 g/mol. The fourth-order valence-corrected chi connectivity index (χ4v) is 7.51. The predicted octanol–water partition coefficient (Wildman–Crippen LogP) is 9.39. The van der Waals surface area contributed by atoms with Gasteiger partial charge in [-0.15, -0.1) is 0 Å². The average Bonchev–Trinajstić information content (AvgIpc) is 3.20. The molecule has 0 radical (unpaired) electrons. The van der Waals surface area contributed by atoms with Crippen LogP contribution in [-0.2, 0) is 38.7 Å². The molecule has 0 aromatic rings. The third kappa shape index (κ3) is 31.4. The molecule has 0 spiro atoms. The fourth-order valence-electron chi connectivity index (χ4n) is 6.82. The minimum atomic E-state index is -4.60. The third-order valence-electron chi connectivity index (χ3n) is 10.4. The van der Waals surface area contributed by atoms with Gasteiger partial charge in [-0.1, -0.05) is 140 Å². The van der Waals surface area contributed by atoms with Crippen LogP contribution in [0, 0.1) is 0 Å². The minimum Gasteiger partial charge on any atom is -0.462 e. The lowest BCUT2D eigenvalue weighted by Crippen LogP contribution is -2.60. The third-order valence-corrected chi connectivity index (χ3v) is 11.2. The van der Waals surface area contributed by atoms with Gasteiger partial charge < -0.3 is 34.3 Å². The molecule has 4 N–H and O–H groups in total. The molecule has 0 saturated carbocycles. The molecule has 1 heterocycles. The maximum Gasteiger partial charge on any atom is 0.306 e. The van der Waals surface area contributed by atoms with Gasteiger partial charge in [-0.2, -0.15) is 8.42 Å². The molecule has 0 aromatic carbocycles. The normalized spacial score (nSPS) is 20.5. The molecule has 1 rings (SSSR count). The minimum absolute atomic E-state index is 0.158. The second-order valence-corrected chi connectivity index (χ2v) is 17.6. The van der Waals surface area contributed by atoms with Crippen molar-refractivity contribution in [2.75, 3.05) is 19.0 Å². The molecule has 12 nitrogen and oxygen atoms in total. The lowest BCUT2D eigenvalue weighted by molar-refractivity contribution is -0.297. The van der Waals surface area contributed by atoms with Crippen molar-refractivity contribution in [1.29, 1.82) is 0 Å². The lowest BCUT2D eigenvalue weighted by atomic mass is 10.00. The van der Waals surface area contributed by atoms with Crippen LogP contribution in [0.5, 0.6) is 0 Å². The standard InChI is InChI=1S/C46H82O12S/c1-3-5-7-9-11-13-15-17-18-19-20-21-22-23-25-27-29-31-33-35-42(48)57-39(37-56-46-45(51)44(50)43(49)40(58-46)38-59(52,53)54)36-55-41(47)34-32-30-28-26-24-16-14-12-10-8-6-4-2/h11-14,17-18,39-40,43-46,49-51H,3-10,15-16,19-38H2,1-2H3,(H,52,53,54)/b13-11+,14-12+,18-17+/t39-,40-,43-,44?,45?,46+/m1/s1. The molecular weight excluding hydrogens is 777 g/mol. The van der Waals surface area contributed by atoms with Crippen molar-refractivity contribution in [3.05, 3.63) is 36.5 Å². The number of aliphatic hydroxyl groups is 3. The van der Waals surface area contributed by atoms with Gasteiger partial charge in [0, 0.05) is 12.8 Å². The van der Waals surface area contributed by atoms with Crippen LogP contribution >= 0.6 is 0 Å². The number of hydrogen-bond donors (Lipinski definition) is 4. The van der Waals surface area contributed by atoms with Gasteiger partial charge >= 0.3 is 11.9 Å². The predicted molar refractivity (Wildman–Crippen MR) is 233 cm³/mol. The van der Waals surface area contributed by atoms with Crippen LogP contribution in [0.2, 0.25) is 0 Å². The van der Waals surface area contributed by atoms with E-state index in [-0.39, 0.29) is 19.4 Å². The van der Waals surface area contributed by atoms with Gasteiger partial charge in [0.15, 0.2) is 12.4 Å². The van der Waals surface area contributed by atoms with E-state index in [4.69, 9.17) is 18.9 Å². The fraction of sp³-hybridized carbons (Fsp3) is 0.826. The van der Waals surface area contributed by atoms with E-state index in [0.29, 0.717) is 12.8 Å². The van der Waals surface area contributed by atoms with E-state index in [1.807, 2.05) is 0 Å². The van der Waals surface area contributed by atoms with Gasteiger partial charge in [-0.05, 0) is 70.6 Å². The van der Waals surface area contributed by atoms with E-state index in [1.165, 1.54) is 70.6 Å². The number of aliphatic hydroxyl groups excluding tert-OH is 3.